The highest BCUT2D eigenvalue weighted by Gasteiger charge is 2.32. The van der Waals surface area contributed by atoms with Gasteiger partial charge < -0.3 is 19.5 Å². The SMILES string of the molecule is COc1cccc(C2C(C(=O)Nc3ccccc3)=C(C)N=c3s/c(=C\c4cc(OC)ccc4OC)c(=O)n32)c1. The number of allylic oxidation sites excluding steroid dienone is 1. The van der Waals surface area contributed by atoms with Crippen molar-refractivity contribution in [1.29, 1.82) is 0 Å². The number of aromatic nitrogens is 1. The van der Waals surface area contributed by atoms with Crippen molar-refractivity contribution in [1.82, 2.24) is 4.57 Å². The van der Waals surface area contributed by atoms with Gasteiger partial charge in [0.25, 0.3) is 11.5 Å². The van der Waals surface area contributed by atoms with Gasteiger partial charge in [-0.05, 0) is 61.0 Å². The molecule has 0 radical (unpaired) electrons. The summed E-state index contributed by atoms with van der Waals surface area (Å²) in [4.78, 5) is 32.8. The van der Waals surface area contributed by atoms with Crippen molar-refractivity contribution in [2.24, 2.45) is 4.99 Å². The van der Waals surface area contributed by atoms with Crippen LogP contribution in [-0.4, -0.2) is 31.8 Å². The van der Waals surface area contributed by atoms with E-state index in [0.717, 1.165) is 5.56 Å². The lowest BCUT2D eigenvalue weighted by molar-refractivity contribution is -0.113. The third-order valence-corrected chi connectivity index (χ3v) is 7.41. The average Bonchev–Trinajstić information content (AvgIpc) is 3.26. The molecule has 1 aromatic heterocycles. The van der Waals surface area contributed by atoms with Crippen molar-refractivity contribution < 1.29 is 19.0 Å². The normalized spacial score (nSPS) is 14.9. The maximum absolute atomic E-state index is 14.0. The molecule has 0 bridgehead atoms. The lowest BCUT2D eigenvalue weighted by Crippen LogP contribution is -2.40. The standard InChI is InChI=1S/C30H27N3O5S/c1-18-26(28(34)32-21-10-6-5-7-11-21)27(19-9-8-12-22(15-19)36-2)33-29(35)25(39-30(33)31-18)17-20-16-23(37-3)13-14-24(20)38-4/h5-17,27H,1-4H3,(H,32,34)/b25-17-. The van der Waals surface area contributed by atoms with Gasteiger partial charge in [0.05, 0.1) is 43.2 Å². The Morgan fingerprint density at radius 1 is 0.949 bits per heavy atom. The molecule has 2 heterocycles. The summed E-state index contributed by atoms with van der Waals surface area (Å²) in [7, 11) is 4.74. The van der Waals surface area contributed by atoms with Crippen LogP contribution in [0.1, 0.15) is 24.1 Å². The molecule has 0 saturated heterocycles. The van der Waals surface area contributed by atoms with E-state index in [1.807, 2.05) is 54.6 Å². The number of thiazole rings is 1. The Hall–Kier alpha value is -4.63. The largest absolute Gasteiger partial charge is 0.497 e. The molecule has 0 aliphatic carbocycles. The van der Waals surface area contributed by atoms with Crippen molar-refractivity contribution in [3.63, 3.8) is 0 Å². The summed E-state index contributed by atoms with van der Waals surface area (Å²) >= 11 is 1.25. The minimum absolute atomic E-state index is 0.269. The molecule has 1 aliphatic heterocycles. The van der Waals surface area contributed by atoms with Crippen LogP contribution in [0, 0.1) is 0 Å². The van der Waals surface area contributed by atoms with Crippen molar-refractivity contribution >= 4 is 29.0 Å². The second-order valence-corrected chi connectivity index (χ2v) is 9.80. The van der Waals surface area contributed by atoms with Crippen LogP contribution in [0.4, 0.5) is 5.69 Å². The van der Waals surface area contributed by atoms with Gasteiger partial charge in [0.2, 0.25) is 0 Å². The number of nitrogens with one attached hydrogen (secondary N) is 1. The number of nitrogens with zero attached hydrogens (tertiary/aromatic N) is 2. The molecule has 9 heteroatoms. The van der Waals surface area contributed by atoms with Crippen LogP contribution in [0.3, 0.4) is 0 Å². The first-order valence-electron chi connectivity index (χ1n) is 12.2. The second-order valence-electron chi connectivity index (χ2n) is 8.79. The Labute approximate surface area is 229 Å². The molecule has 1 unspecified atom stereocenters. The molecule has 39 heavy (non-hydrogen) atoms. The third kappa shape index (κ3) is 5.08. The van der Waals surface area contributed by atoms with Gasteiger partial charge in [0, 0.05) is 11.3 Å². The Morgan fingerprint density at radius 3 is 2.41 bits per heavy atom. The zero-order valence-electron chi connectivity index (χ0n) is 21.9. The third-order valence-electron chi connectivity index (χ3n) is 6.43. The van der Waals surface area contributed by atoms with E-state index in [1.165, 1.54) is 11.3 Å². The molecule has 1 N–H and O–H groups in total. The number of hydrogen-bond acceptors (Lipinski definition) is 7. The smallest absolute Gasteiger partial charge is 0.271 e. The molecule has 0 fully saturated rings. The molecule has 0 spiro atoms. The van der Waals surface area contributed by atoms with Crippen LogP contribution in [0.25, 0.3) is 6.08 Å². The molecule has 4 aromatic rings. The number of carbonyl (C=O) groups is 1. The second kappa shape index (κ2) is 11.0. The number of para-hydroxylation sites is 1. The number of fused-ring (bicyclic) bond motifs is 1. The number of ether oxygens (including phenoxy) is 3. The van der Waals surface area contributed by atoms with E-state index in [0.29, 0.717) is 49.1 Å². The van der Waals surface area contributed by atoms with Gasteiger partial charge in [-0.1, -0.05) is 41.7 Å². The highest BCUT2D eigenvalue weighted by atomic mass is 32.1. The highest BCUT2D eigenvalue weighted by molar-refractivity contribution is 7.07. The zero-order valence-corrected chi connectivity index (χ0v) is 22.7. The summed E-state index contributed by atoms with van der Waals surface area (Å²) in [5, 5.41) is 2.96. The Balaban J connectivity index is 1.70. The monoisotopic (exact) mass is 541 g/mol. The van der Waals surface area contributed by atoms with Crippen molar-refractivity contribution in [3.05, 3.63) is 115 Å². The number of benzene rings is 3. The van der Waals surface area contributed by atoms with Crippen LogP contribution in [0.15, 0.2) is 93.9 Å². The Bertz CT molecular complexity index is 1760. The summed E-state index contributed by atoms with van der Waals surface area (Å²) in [5.41, 5.74) is 2.71. The maximum Gasteiger partial charge on any atom is 0.271 e. The summed E-state index contributed by atoms with van der Waals surface area (Å²) < 4.78 is 18.4. The molecule has 8 nitrogen and oxygen atoms in total. The van der Waals surface area contributed by atoms with Gasteiger partial charge in [0.15, 0.2) is 4.80 Å². The summed E-state index contributed by atoms with van der Waals surface area (Å²) in [6.45, 7) is 1.79. The molecule has 198 valence electrons. The van der Waals surface area contributed by atoms with E-state index >= 15 is 0 Å². The van der Waals surface area contributed by atoms with Gasteiger partial charge in [-0.25, -0.2) is 4.99 Å². The van der Waals surface area contributed by atoms with Crippen molar-refractivity contribution in [2.45, 2.75) is 13.0 Å². The van der Waals surface area contributed by atoms with E-state index in [9.17, 15) is 9.59 Å². The highest BCUT2D eigenvalue weighted by Crippen LogP contribution is 2.32. The average molecular weight is 542 g/mol. The van der Waals surface area contributed by atoms with Gasteiger partial charge in [0.1, 0.15) is 17.2 Å². The van der Waals surface area contributed by atoms with Crippen LogP contribution in [0.2, 0.25) is 0 Å². The van der Waals surface area contributed by atoms with Crippen LogP contribution in [0.5, 0.6) is 17.2 Å². The molecule has 0 saturated carbocycles. The lowest BCUT2D eigenvalue weighted by atomic mass is 9.95. The van der Waals surface area contributed by atoms with Gasteiger partial charge >= 0.3 is 0 Å². The topological polar surface area (TPSA) is 91.2 Å². The number of anilines is 1. The molecular formula is C30H27N3O5S. The predicted octanol–water partition coefficient (Wildman–Crippen LogP) is 3.90. The summed E-state index contributed by atoms with van der Waals surface area (Å²) in [6.07, 6.45) is 1.76. The first kappa shape index (κ1) is 26.0. The van der Waals surface area contributed by atoms with E-state index in [1.54, 1.807) is 57.1 Å². The molecule has 1 atom stereocenters. The molecule has 3 aromatic carbocycles. The minimum Gasteiger partial charge on any atom is -0.497 e. The van der Waals surface area contributed by atoms with Gasteiger partial charge in [-0.3, -0.25) is 14.2 Å². The van der Waals surface area contributed by atoms with Crippen molar-refractivity contribution in [2.75, 3.05) is 26.6 Å². The van der Waals surface area contributed by atoms with Gasteiger partial charge in [-0.2, -0.15) is 0 Å². The quantitative estimate of drug-likeness (QED) is 0.383. The van der Waals surface area contributed by atoms with Crippen LogP contribution >= 0.6 is 11.3 Å². The summed E-state index contributed by atoms with van der Waals surface area (Å²) in [6, 6.07) is 21.2. The fourth-order valence-corrected chi connectivity index (χ4v) is 5.59. The van der Waals surface area contributed by atoms with E-state index in [2.05, 4.69) is 5.32 Å². The maximum atomic E-state index is 14.0. The number of hydrogen-bond donors (Lipinski definition) is 1. The molecule has 5 rings (SSSR count). The van der Waals surface area contributed by atoms with E-state index in [4.69, 9.17) is 19.2 Å². The van der Waals surface area contributed by atoms with Crippen LogP contribution in [-0.2, 0) is 4.79 Å². The molecule has 1 aliphatic rings. The van der Waals surface area contributed by atoms with Gasteiger partial charge in [-0.15, -0.1) is 0 Å². The fraction of sp³-hybridized carbons (Fsp3) is 0.167. The van der Waals surface area contributed by atoms with E-state index in [-0.39, 0.29) is 11.5 Å². The Kier molecular flexibility index (Phi) is 7.33. The number of methoxy groups -OCH3 is 3. The molecule has 1 amide bonds. The Morgan fingerprint density at radius 2 is 1.69 bits per heavy atom. The number of carbonyl (C=O) groups excluding carboxylic acids is 1. The predicted molar refractivity (Wildman–Crippen MR) is 151 cm³/mol. The first-order valence-corrected chi connectivity index (χ1v) is 13.0. The fourth-order valence-electron chi connectivity index (χ4n) is 4.55. The first-order chi connectivity index (χ1) is 18.9. The minimum atomic E-state index is -0.714. The van der Waals surface area contributed by atoms with E-state index < -0.39 is 6.04 Å². The zero-order chi connectivity index (χ0) is 27.5. The van der Waals surface area contributed by atoms with Crippen molar-refractivity contribution in [3.8, 4) is 17.2 Å². The number of amides is 1. The molecular weight excluding hydrogens is 514 g/mol. The number of rotatable bonds is 7. The lowest BCUT2D eigenvalue weighted by Gasteiger charge is -2.25. The van der Waals surface area contributed by atoms with Crippen LogP contribution < -0.4 is 34.4 Å². The summed E-state index contributed by atoms with van der Waals surface area (Å²) in [5.74, 6) is 1.53.